The number of amides is 1. The summed E-state index contributed by atoms with van der Waals surface area (Å²) in [6.45, 7) is 7.05. The van der Waals surface area contributed by atoms with E-state index in [0.29, 0.717) is 25.9 Å². The van der Waals surface area contributed by atoms with Crippen LogP contribution >= 0.6 is 0 Å². The molecule has 2 aliphatic heterocycles. The maximum Gasteiger partial charge on any atom is 0.222 e. The van der Waals surface area contributed by atoms with Gasteiger partial charge in [0.25, 0.3) is 0 Å². The molecule has 0 radical (unpaired) electrons. The van der Waals surface area contributed by atoms with Crippen LogP contribution in [0.4, 0.5) is 0 Å². The Bertz CT molecular complexity index is 625. The van der Waals surface area contributed by atoms with Crippen LogP contribution in [-0.2, 0) is 20.8 Å². The number of hydrogen-bond donors (Lipinski definition) is 3. The fourth-order valence-electron chi connectivity index (χ4n) is 3.63. The van der Waals surface area contributed by atoms with Gasteiger partial charge in [0.05, 0.1) is 30.4 Å². The number of nitrogens with zero attached hydrogens (tertiary/aromatic N) is 1. The molecule has 1 aromatic heterocycles. The number of fused-ring (bicyclic) bond motifs is 1. The lowest BCUT2D eigenvalue weighted by Gasteiger charge is -2.20. The van der Waals surface area contributed by atoms with Gasteiger partial charge in [0.15, 0.2) is 0 Å². The van der Waals surface area contributed by atoms with Crippen molar-refractivity contribution in [2.75, 3.05) is 6.54 Å². The van der Waals surface area contributed by atoms with Crippen LogP contribution in [0.5, 0.6) is 0 Å². The van der Waals surface area contributed by atoms with Gasteiger partial charge in [-0.2, -0.15) is 0 Å². The van der Waals surface area contributed by atoms with Gasteiger partial charge in [0.2, 0.25) is 5.91 Å². The number of hydrogen-bond acceptors (Lipinski definition) is 6. The molecule has 144 valence electrons. The number of carbonyl (C=O) groups excluding carboxylic acids is 1. The Morgan fingerprint density at radius 3 is 2.92 bits per heavy atom. The molecule has 0 bridgehead atoms. The largest absolute Gasteiger partial charge is 0.388 e. The van der Waals surface area contributed by atoms with E-state index >= 15 is 0 Å². The first-order chi connectivity index (χ1) is 12.4. The molecule has 5 atom stereocenters. The van der Waals surface area contributed by atoms with Crippen LogP contribution in [-0.4, -0.2) is 59.1 Å². The predicted octanol–water partition coefficient (Wildman–Crippen LogP) is 0.680. The number of aliphatic hydroxyl groups excluding tert-OH is 1. The molecule has 2 fully saturated rings. The molecule has 7 heteroatoms. The number of carbonyl (C=O) groups is 1. The van der Waals surface area contributed by atoms with Gasteiger partial charge in [-0.3, -0.25) is 9.78 Å². The predicted molar refractivity (Wildman–Crippen MR) is 96.5 cm³/mol. The van der Waals surface area contributed by atoms with E-state index < -0.39 is 6.10 Å². The highest BCUT2D eigenvalue weighted by Gasteiger charge is 2.50. The molecule has 26 heavy (non-hydrogen) atoms. The lowest BCUT2D eigenvalue weighted by molar-refractivity contribution is -0.125. The van der Waals surface area contributed by atoms with Crippen molar-refractivity contribution in [3.05, 3.63) is 29.6 Å². The van der Waals surface area contributed by atoms with Gasteiger partial charge in [-0.25, -0.2) is 0 Å². The van der Waals surface area contributed by atoms with Crippen molar-refractivity contribution in [1.82, 2.24) is 15.6 Å². The Hall–Kier alpha value is -1.54. The van der Waals surface area contributed by atoms with E-state index in [1.165, 1.54) is 0 Å². The van der Waals surface area contributed by atoms with Crippen LogP contribution < -0.4 is 10.6 Å². The van der Waals surface area contributed by atoms with E-state index in [0.717, 1.165) is 11.3 Å². The quantitative estimate of drug-likeness (QED) is 0.660. The van der Waals surface area contributed by atoms with Crippen molar-refractivity contribution in [3.63, 3.8) is 0 Å². The fourth-order valence-corrected chi connectivity index (χ4v) is 3.63. The molecule has 2 aliphatic rings. The second-order valence-electron chi connectivity index (χ2n) is 7.49. The molecule has 3 N–H and O–H groups in total. The molecule has 7 nitrogen and oxygen atoms in total. The first kappa shape index (κ1) is 19.2. The minimum absolute atomic E-state index is 0.0246. The highest BCUT2D eigenvalue weighted by Crippen LogP contribution is 2.35. The number of pyridine rings is 1. The molecular weight excluding hydrogens is 334 g/mol. The number of aliphatic hydroxyl groups is 1. The van der Waals surface area contributed by atoms with Crippen LogP contribution in [0.1, 0.15) is 37.9 Å². The second kappa shape index (κ2) is 8.43. The Morgan fingerprint density at radius 1 is 1.42 bits per heavy atom. The summed E-state index contributed by atoms with van der Waals surface area (Å²) in [4.78, 5) is 16.2. The van der Waals surface area contributed by atoms with Gasteiger partial charge in [0, 0.05) is 31.7 Å². The van der Waals surface area contributed by atoms with Gasteiger partial charge < -0.3 is 25.2 Å². The summed E-state index contributed by atoms with van der Waals surface area (Å²) < 4.78 is 11.9. The molecule has 0 saturated carbocycles. The van der Waals surface area contributed by atoms with Crippen LogP contribution in [0, 0.1) is 6.92 Å². The van der Waals surface area contributed by atoms with Gasteiger partial charge in [0.1, 0.15) is 12.2 Å². The fraction of sp³-hybridized carbons (Fsp3) is 0.684. The zero-order chi connectivity index (χ0) is 18.7. The van der Waals surface area contributed by atoms with E-state index in [4.69, 9.17) is 9.47 Å². The number of ether oxygens (including phenoxy) is 2. The maximum absolute atomic E-state index is 11.9. The van der Waals surface area contributed by atoms with Gasteiger partial charge in [-0.1, -0.05) is 6.07 Å². The average Bonchev–Trinajstić information content (AvgIpc) is 3.08. The lowest BCUT2D eigenvalue weighted by Crippen LogP contribution is -2.39. The number of aryl methyl sites for hydroxylation is 1. The summed E-state index contributed by atoms with van der Waals surface area (Å²) in [6.07, 6.45) is 1.05. The summed E-state index contributed by atoms with van der Waals surface area (Å²) in [5.41, 5.74) is 2.13. The number of rotatable bonds is 7. The summed E-state index contributed by atoms with van der Waals surface area (Å²) in [7, 11) is 0. The third-order valence-electron chi connectivity index (χ3n) is 4.90. The SMILES string of the molecule is Cc1cccnc1CNC[C@H]1O[C@@H]2C[C@@H](CC(=O)NC(C)C)O[C@@H]2[C@@H]1O. The van der Waals surface area contributed by atoms with Gasteiger partial charge in [-0.05, 0) is 32.4 Å². The zero-order valence-corrected chi connectivity index (χ0v) is 15.6. The standard InChI is InChI=1S/C19H29N3O4/c1-11(2)22-17(23)8-13-7-15-19(25-13)18(24)16(26-15)10-20-9-14-12(3)5-4-6-21-14/h4-6,11,13,15-16,18-20,24H,7-10H2,1-3H3,(H,22,23)/t13-,15+,16+,18+,19-/m0/s1. The molecular formula is C19H29N3O4. The van der Waals surface area contributed by atoms with Gasteiger partial charge in [-0.15, -0.1) is 0 Å². The molecule has 3 heterocycles. The minimum atomic E-state index is -0.685. The van der Waals surface area contributed by atoms with Crippen molar-refractivity contribution >= 4 is 5.91 Å². The third-order valence-corrected chi connectivity index (χ3v) is 4.90. The highest BCUT2D eigenvalue weighted by molar-refractivity contribution is 5.76. The van der Waals surface area contributed by atoms with Crippen molar-refractivity contribution in [2.45, 2.75) is 76.7 Å². The van der Waals surface area contributed by atoms with E-state index in [9.17, 15) is 9.90 Å². The van der Waals surface area contributed by atoms with Crippen LogP contribution in [0.3, 0.4) is 0 Å². The Kier molecular flexibility index (Phi) is 6.24. The van der Waals surface area contributed by atoms with Crippen molar-refractivity contribution in [3.8, 4) is 0 Å². The average molecular weight is 363 g/mol. The van der Waals surface area contributed by atoms with Gasteiger partial charge >= 0.3 is 0 Å². The van der Waals surface area contributed by atoms with Crippen LogP contribution in [0.15, 0.2) is 18.3 Å². The summed E-state index contributed by atoms with van der Waals surface area (Å²) in [6, 6.07) is 4.06. The molecule has 3 rings (SSSR count). The normalized spacial score (nSPS) is 30.6. The van der Waals surface area contributed by atoms with Crippen molar-refractivity contribution in [2.24, 2.45) is 0 Å². The van der Waals surface area contributed by atoms with E-state index in [-0.39, 0.29) is 36.4 Å². The van der Waals surface area contributed by atoms with Crippen molar-refractivity contribution in [1.29, 1.82) is 0 Å². The van der Waals surface area contributed by atoms with Crippen LogP contribution in [0.25, 0.3) is 0 Å². The zero-order valence-electron chi connectivity index (χ0n) is 15.6. The lowest BCUT2D eigenvalue weighted by atomic mass is 10.1. The maximum atomic E-state index is 11.9. The molecule has 0 aliphatic carbocycles. The third kappa shape index (κ3) is 4.59. The van der Waals surface area contributed by atoms with Crippen molar-refractivity contribution < 1.29 is 19.4 Å². The monoisotopic (exact) mass is 363 g/mol. The first-order valence-electron chi connectivity index (χ1n) is 9.33. The van der Waals surface area contributed by atoms with E-state index in [1.807, 2.05) is 32.9 Å². The molecule has 0 unspecified atom stereocenters. The van der Waals surface area contributed by atoms with E-state index in [2.05, 4.69) is 15.6 Å². The number of aromatic nitrogens is 1. The van der Waals surface area contributed by atoms with Crippen LogP contribution in [0.2, 0.25) is 0 Å². The summed E-state index contributed by atoms with van der Waals surface area (Å²) >= 11 is 0. The Labute approximate surface area is 154 Å². The number of nitrogens with one attached hydrogen (secondary N) is 2. The summed E-state index contributed by atoms with van der Waals surface area (Å²) in [5.74, 6) is -0.0246. The van der Waals surface area contributed by atoms with E-state index in [1.54, 1.807) is 6.20 Å². The Morgan fingerprint density at radius 2 is 2.23 bits per heavy atom. The molecule has 0 spiro atoms. The smallest absolute Gasteiger partial charge is 0.222 e. The Balaban J connectivity index is 1.43. The second-order valence-corrected chi connectivity index (χ2v) is 7.49. The molecule has 0 aromatic carbocycles. The minimum Gasteiger partial charge on any atom is -0.388 e. The highest BCUT2D eigenvalue weighted by atomic mass is 16.6. The topological polar surface area (TPSA) is 92.7 Å². The first-order valence-corrected chi connectivity index (χ1v) is 9.33. The summed E-state index contributed by atoms with van der Waals surface area (Å²) in [5, 5.41) is 16.7. The molecule has 1 aromatic rings. The molecule has 2 saturated heterocycles. The molecule has 1 amide bonds.